The Hall–Kier alpha value is -1.26. The third kappa shape index (κ3) is 2.70. The number of nitrogens with zero attached hydrogens (tertiary/aromatic N) is 2. The van der Waals surface area contributed by atoms with Gasteiger partial charge in [-0.15, -0.1) is 21.8 Å². The van der Waals surface area contributed by atoms with Gasteiger partial charge in [0, 0.05) is 17.3 Å². The van der Waals surface area contributed by atoms with E-state index in [0.717, 1.165) is 0 Å². The highest BCUT2D eigenvalue weighted by atomic mass is 35.5. The molecule has 0 spiro atoms. The van der Waals surface area contributed by atoms with E-state index in [1.807, 2.05) is 0 Å². The van der Waals surface area contributed by atoms with Crippen molar-refractivity contribution in [3.8, 4) is 17.2 Å². The Kier molecular flexibility index (Phi) is 3.86. The van der Waals surface area contributed by atoms with Gasteiger partial charge in [-0.1, -0.05) is 11.6 Å². The van der Waals surface area contributed by atoms with Crippen LogP contribution in [0, 0.1) is 0 Å². The number of halogens is 2. The first-order chi connectivity index (χ1) is 8.24. The summed E-state index contributed by atoms with van der Waals surface area (Å²) in [4.78, 5) is 0. The molecule has 0 amide bonds. The third-order valence-corrected chi connectivity index (χ3v) is 2.59. The summed E-state index contributed by atoms with van der Waals surface area (Å²) in [7, 11) is 1.56. The standard InChI is InChI=1S/C11H10Cl2N2O2/c1-16-9-6-7(13)2-3-8(9)11-15-14-10(17-11)4-5-12/h2-3,6H,4-5H2,1H3. The van der Waals surface area contributed by atoms with Crippen LogP contribution in [0.4, 0.5) is 0 Å². The molecule has 1 aromatic carbocycles. The van der Waals surface area contributed by atoms with E-state index in [1.165, 1.54) is 0 Å². The molecule has 0 atom stereocenters. The molecule has 0 aliphatic rings. The first-order valence-electron chi connectivity index (χ1n) is 4.97. The van der Waals surface area contributed by atoms with Gasteiger partial charge in [-0.2, -0.15) is 0 Å². The van der Waals surface area contributed by atoms with Crippen molar-refractivity contribution < 1.29 is 9.15 Å². The van der Waals surface area contributed by atoms with E-state index >= 15 is 0 Å². The summed E-state index contributed by atoms with van der Waals surface area (Å²) in [5.74, 6) is 1.95. The third-order valence-electron chi connectivity index (χ3n) is 2.17. The Morgan fingerprint density at radius 2 is 2.18 bits per heavy atom. The minimum atomic E-state index is 0.402. The molecule has 0 aliphatic carbocycles. The number of ether oxygens (including phenoxy) is 1. The normalized spacial score (nSPS) is 10.5. The topological polar surface area (TPSA) is 48.2 Å². The van der Waals surface area contributed by atoms with Crippen LogP contribution in [0.3, 0.4) is 0 Å². The summed E-state index contributed by atoms with van der Waals surface area (Å²) in [5.41, 5.74) is 0.713. The molecule has 0 fully saturated rings. The van der Waals surface area contributed by atoms with Crippen molar-refractivity contribution in [1.29, 1.82) is 0 Å². The quantitative estimate of drug-likeness (QED) is 0.803. The summed E-state index contributed by atoms with van der Waals surface area (Å²) in [6.07, 6.45) is 0.546. The Balaban J connectivity index is 2.37. The van der Waals surface area contributed by atoms with Crippen LogP contribution in [-0.4, -0.2) is 23.2 Å². The van der Waals surface area contributed by atoms with E-state index in [2.05, 4.69) is 10.2 Å². The molecule has 0 saturated heterocycles. The summed E-state index contributed by atoms with van der Waals surface area (Å²) >= 11 is 11.5. The molecule has 0 saturated carbocycles. The second-order valence-electron chi connectivity index (χ2n) is 3.28. The predicted octanol–water partition coefficient (Wildman–Crippen LogP) is 3.18. The number of rotatable bonds is 4. The van der Waals surface area contributed by atoms with Crippen LogP contribution in [0.2, 0.25) is 5.02 Å². The minimum absolute atomic E-state index is 0.402. The molecule has 0 bridgehead atoms. The maximum Gasteiger partial charge on any atom is 0.251 e. The molecule has 90 valence electrons. The van der Waals surface area contributed by atoms with E-state index < -0.39 is 0 Å². The molecule has 6 heteroatoms. The Labute approximate surface area is 109 Å². The van der Waals surface area contributed by atoms with Gasteiger partial charge in [0.25, 0.3) is 5.89 Å². The molecule has 4 nitrogen and oxygen atoms in total. The van der Waals surface area contributed by atoms with E-state index in [1.54, 1.807) is 25.3 Å². The molecule has 2 aromatic rings. The largest absolute Gasteiger partial charge is 0.496 e. The number of alkyl halides is 1. The molecule has 17 heavy (non-hydrogen) atoms. The fourth-order valence-corrected chi connectivity index (χ4v) is 1.71. The number of aryl methyl sites for hydroxylation is 1. The van der Waals surface area contributed by atoms with Crippen LogP contribution in [0.5, 0.6) is 5.75 Å². The summed E-state index contributed by atoms with van der Waals surface area (Å²) in [6, 6.07) is 5.21. The van der Waals surface area contributed by atoms with Gasteiger partial charge in [0.15, 0.2) is 0 Å². The number of aromatic nitrogens is 2. The molecule has 2 rings (SSSR count). The summed E-state index contributed by atoms with van der Waals surface area (Å²) in [5, 5.41) is 8.42. The van der Waals surface area contributed by atoms with Gasteiger partial charge in [-0.25, -0.2) is 0 Å². The minimum Gasteiger partial charge on any atom is -0.496 e. The van der Waals surface area contributed by atoms with Crippen LogP contribution in [0.1, 0.15) is 5.89 Å². The molecule has 0 aliphatic heterocycles. The highest BCUT2D eigenvalue weighted by molar-refractivity contribution is 6.30. The SMILES string of the molecule is COc1cc(Cl)ccc1-c1nnc(CCCl)o1. The molecule has 1 heterocycles. The van der Waals surface area contributed by atoms with Gasteiger partial charge in [-0.3, -0.25) is 0 Å². The van der Waals surface area contributed by atoms with Gasteiger partial charge >= 0.3 is 0 Å². The van der Waals surface area contributed by atoms with Crippen molar-refractivity contribution in [3.05, 3.63) is 29.1 Å². The summed E-state index contributed by atoms with van der Waals surface area (Å²) in [6.45, 7) is 0. The highest BCUT2D eigenvalue weighted by Gasteiger charge is 2.13. The Bertz CT molecular complexity index is 514. The van der Waals surface area contributed by atoms with E-state index in [-0.39, 0.29) is 0 Å². The van der Waals surface area contributed by atoms with E-state index in [9.17, 15) is 0 Å². The smallest absolute Gasteiger partial charge is 0.251 e. The van der Waals surface area contributed by atoms with Gasteiger partial charge in [0.05, 0.1) is 12.7 Å². The van der Waals surface area contributed by atoms with E-state index in [0.29, 0.717) is 40.4 Å². The van der Waals surface area contributed by atoms with Crippen molar-refractivity contribution in [3.63, 3.8) is 0 Å². The van der Waals surface area contributed by atoms with Gasteiger partial charge in [0.1, 0.15) is 5.75 Å². The number of hydrogen-bond acceptors (Lipinski definition) is 4. The zero-order chi connectivity index (χ0) is 12.3. The maximum atomic E-state index is 5.87. The molecule has 0 radical (unpaired) electrons. The van der Waals surface area contributed by atoms with Crippen LogP contribution in [0.25, 0.3) is 11.5 Å². The summed E-state index contributed by atoms with van der Waals surface area (Å²) < 4.78 is 10.7. The predicted molar refractivity (Wildman–Crippen MR) is 65.7 cm³/mol. The van der Waals surface area contributed by atoms with Gasteiger partial charge < -0.3 is 9.15 Å². The maximum absolute atomic E-state index is 5.87. The van der Waals surface area contributed by atoms with Crippen molar-refractivity contribution in [2.24, 2.45) is 0 Å². The zero-order valence-corrected chi connectivity index (χ0v) is 10.6. The lowest BCUT2D eigenvalue weighted by Crippen LogP contribution is -1.87. The van der Waals surface area contributed by atoms with Crippen LogP contribution in [-0.2, 0) is 6.42 Å². The van der Waals surface area contributed by atoms with Crippen molar-refractivity contribution in [1.82, 2.24) is 10.2 Å². The fraction of sp³-hybridized carbons (Fsp3) is 0.273. The average Bonchev–Trinajstić information content (AvgIpc) is 2.78. The second kappa shape index (κ2) is 5.38. The van der Waals surface area contributed by atoms with Crippen molar-refractivity contribution in [2.75, 3.05) is 13.0 Å². The number of hydrogen-bond donors (Lipinski definition) is 0. The van der Waals surface area contributed by atoms with Gasteiger partial charge in [0.2, 0.25) is 5.89 Å². The average molecular weight is 273 g/mol. The monoisotopic (exact) mass is 272 g/mol. The first-order valence-corrected chi connectivity index (χ1v) is 5.88. The molecule has 0 N–H and O–H groups in total. The lowest BCUT2D eigenvalue weighted by atomic mass is 10.2. The van der Waals surface area contributed by atoms with Gasteiger partial charge in [-0.05, 0) is 18.2 Å². The first kappa shape index (κ1) is 12.2. The lowest BCUT2D eigenvalue weighted by Gasteiger charge is -2.04. The highest BCUT2D eigenvalue weighted by Crippen LogP contribution is 2.31. The van der Waals surface area contributed by atoms with Crippen LogP contribution in [0.15, 0.2) is 22.6 Å². The molecule has 0 unspecified atom stereocenters. The van der Waals surface area contributed by atoms with Crippen molar-refractivity contribution >= 4 is 23.2 Å². The lowest BCUT2D eigenvalue weighted by molar-refractivity contribution is 0.413. The Morgan fingerprint density at radius 1 is 1.35 bits per heavy atom. The van der Waals surface area contributed by atoms with Crippen molar-refractivity contribution in [2.45, 2.75) is 6.42 Å². The number of methoxy groups -OCH3 is 1. The fourth-order valence-electron chi connectivity index (χ4n) is 1.39. The Morgan fingerprint density at radius 3 is 2.88 bits per heavy atom. The molecular weight excluding hydrogens is 263 g/mol. The zero-order valence-electron chi connectivity index (χ0n) is 9.11. The van der Waals surface area contributed by atoms with Crippen LogP contribution < -0.4 is 4.74 Å². The van der Waals surface area contributed by atoms with Crippen LogP contribution >= 0.6 is 23.2 Å². The molecular formula is C11H10Cl2N2O2. The second-order valence-corrected chi connectivity index (χ2v) is 4.10. The molecule has 1 aromatic heterocycles. The number of benzene rings is 1. The van der Waals surface area contributed by atoms with E-state index in [4.69, 9.17) is 32.4 Å².